The molecule has 0 unspecified atom stereocenters. The molecule has 0 aliphatic rings. The van der Waals surface area contributed by atoms with Crippen LogP contribution in [0.1, 0.15) is 22.2 Å². The lowest BCUT2D eigenvalue weighted by Gasteiger charge is -1.82. The Kier molecular flexibility index (Phi) is 3.50. The van der Waals surface area contributed by atoms with Gasteiger partial charge in [-0.25, -0.2) is 0 Å². The summed E-state index contributed by atoms with van der Waals surface area (Å²) in [6, 6.07) is 1.87. The lowest BCUT2D eigenvalue weighted by Crippen LogP contribution is -1.83. The quantitative estimate of drug-likeness (QED) is 0.541. The van der Waals surface area contributed by atoms with E-state index in [4.69, 9.17) is 11.6 Å². The summed E-state index contributed by atoms with van der Waals surface area (Å²) >= 11 is 6.93. The standard InChI is InChI=1S/C9H9ClOS/c1-7(11)9-5-8(6-12-9)3-2-4-10/h2-3,5-6H,4H2,1H3. The maximum atomic E-state index is 10.9. The normalized spacial score (nSPS) is 10.8. The molecule has 1 rings (SSSR count). The lowest BCUT2D eigenvalue weighted by molar-refractivity contribution is 0.102. The number of carbonyl (C=O) groups is 1. The van der Waals surface area contributed by atoms with Gasteiger partial charge in [0.25, 0.3) is 0 Å². The highest BCUT2D eigenvalue weighted by Gasteiger charge is 2.00. The molecule has 1 aromatic heterocycles. The number of rotatable bonds is 3. The molecule has 1 aromatic rings. The zero-order valence-corrected chi connectivity index (χ0v) is 8.28. The van der Waals surface area contributed by atoms with Gasteiger partial charge in [-0.15, -0.1) is 22.9 Å². The summed E-state index contributed by atoms with van der Waals surface area (Å²) in [5.74, 6) is 0.621. The second kappa shape index (κ2) is 4.43. The SMILES string of the molecule is CC(=O)c1cc(C=CCCl)cs1. The Balaban J connectivity index is 2.77. The van der Waals surface area contributed by atoms with Crippen molar-refractivity contribution < 1.29 is 4.79 Å². The smallest absolute Gasteiger partial charge is 0.169 e. The average Bonchev–Trinajstić information content (AvgIpc) is 2.48. The number of hydrogen-bond acceptors (Lipinski definition) is 2. The van der Waals surface area contributed by atoms with Crippen LogP contribution < -0.4 is 0 Å². The number of hydrogen-bond donors (Lipinski definition) is 0. The van der Waals surface area contributed by atoms with Crippen molar-refractivity contribution in [2.45, 2.75) is 6.92 Å². The molecule has 12 heavy (non-hydrogen) atoms. The fourth-order valence-corrected chi connectivity index (χ4v) is 1.67. The second-order valence-corrected chi connectivity index (χ2v) is 3.58. The van der Waals surface area contributed by atoms with E-state index in [0.29, 0.717) is 5.88 Å². The van der Waals surface area contributed by atoms with Gasteiger partial charge in [-0.2, -0.15) is 0 Å². The first-order valence-electron chi connectivity index (χ1n) is 3.56. The van der Waals surface area contributed by atoms with E-state index in [0.717, 1.165) is 10.4 Å². The van der Waals surface area contributed by atoms with E-state index in [1.165, 1.54) is 11.3 Å². The summed E-state index contributed by atoms with van der Waals surface area (Å²) in [6.07, 6.45) is 3.77. The molecular formula is C9H9ClOS. The van der Waals surface area contributed by atoms with Crippen molar-refractivity contribution in [3.8, 4) is 0 Å². The first kappa shape index (κ1) is 9.49. The van der Waals surface area contributed by atoms with Crippen LogP contribution in [0.2, 0.25) is 0 Å². The van der Waals surface area contributed by atoms with Crippen LogP contribution in [-0.2, 0) is 0 Å². The van der Waals surface area contributed by atoms with Crippen molar-refractivity contribution in [1.82, 2.24) is 0 Å². The van der Waals surface area contributed by atoms with Crippen LogP contribution in [0.4, 0.5) is 0 Å². The van der Waals surface area contributed by atoms with Gasteiger partial charge in [0.2, 0.25) is 0 Å². The molecule has 0 spiro atoms. The summed E-state index contributed by atoms with van der Waals surface area (Å²) < 4.78 is 0. The lowest BCUT2D eigenvalue weighted by atomic mass is 10.2. The maximum Gasteiger partial charge on any atom is 0.169 e. The molecule has 0 saturated carbocycles. The summed E-state index contributed by atoms with van der Waals surface area (Å²) in [5.41, 5.74) is 1.05. The molecule has 0 aromatic carbocycles. The molecule has 0 fully saturated rings. The Morgan fingerprint density at radius 1 is 1.75 bits per heavy atom. The molecule has 0 atom stereocenters. The summed E-state index contributed by atoms with van der Waals surface area (Å²) in [6.45, 7) is 1.57. The van der Waals surface area contributed by atoms with Gasteiger partial charge in [0.1, 0.15) is 0 Å². The fraction of sp³-hybridized carbons (Fsp3) is 0.222. The summed E-state index contributed by atoms with van der Waals surface area (Å²) in [7, 11) is 0. The molecule has 0 aliphatic heterocycles. The van der Waals surface area contributed by atoms with Crippen LogP contribution in [0, 0.1) is 0 Å². The average molecular weight is 201 g/mol. The van der Waals surface area contributed by atoms with Gasteiger partial charge >= 0.3 is 0 Å². The minimum absolute atomic E-state index is 0.116. The highest BCUT2D eigenvalue weighted by atomic mass is 35.5. The van der Waals surface area contributed by atoms with Crippen LogP contribution in [0.5, 0.6) is 0 Å². The second-order valence-electron chi connectivity index (χ2n) is 2.36. The Morgan fingerprint density at radius 3 is 3.00 bits per heavy atom. The summed E-state index contributed by atoms with van der Waals surface area (Å²) in [4.78, 5) is 11.7. The Bertz CT molecular complexity index is 301. The number of thiophene rings is 1. The summed E-state index contributed by atoms with van der Waals surface area (Å²) in [5, 5.41) is 1.94. The van der Waals surface area contributed by atoms with Gasteiger partial charge in [0, 0.05) is 5.88 Å². The van der Waals surface area contributed by atoms with E-state index < -0.39 is 0 Å². The van der Waals surface area contributed by atoms with Crippen LogP contribution in [0.25, 0.3) is 6.08 Å². The first-order chi connectivity index (χ1) is 5.74. The van der Waals surface area contributed by atoms with Crippen molar-refractivity contribution in [1.29, 1.82) is 0 Å². The molecule has 0 amide bonds. The third-order valence-corrected chi connectivity index (χ3v) is 2.59. The molecule has 0 saturated heterocycles. The predicted molar refractivity (Wildman–Crippen MR) is 54.1 cm³/mol. The van der Waals surface area contributed by atoms with Gasteiger partial charge in [-0.3, -0.25) is 4.79 Å². The van der Waals surface area contributed by atoms with Crippen molar-refractivity contribution in [3.05, 3.63) is 28.0 Å². The van der Waals surface area contributed by atoms with E-state index in [1.807, 2.05) is 23.6 Å². The first-order valence-corrected chi connectivity index (χ1v) is 4.97. The number of ketones is 1. The highest BCUT2D eigenvalue weighted by Crippen LogP contribution is 2.16. The van der Waals surface area contributed by atoms with E-state index in [-0.39, 0.29) is 5.78 Å². The Morgan fingerprint density at radius 2 is 2.50 bits per heavy atom. The molecule has 0 aliphatic carbocycles. The number of alkyl halides is 1. The maximum absolute atomic E-state index is 10.9. The third kappa shape index (κ3) is 2.47. The largest absolute Gasteiger partial charge is 0.294 e. The Labute approximate surface area is 80.7 Å². The minimum atomic E-state index is 0.116. The van der Waals surface area contributed by atoms with Crippen LogP contribution in [-0.4, -0.2) is 11.7 Å². The zero-order chi connectivity index (χ0) is 8.97. The number of halogens is 1. The van der Waals surface area contributed by atoms with Gasteiger partial charge in [-0.05, 0) is 23.9 Å². The molecule has 64 valence electrons. The monoisotopic (exact) mass is 200 g/mol. The number of carbonyl (C=O) groups excluding carboxylic acids is 1. The molecule has 1 heterocycles. The van der Waals surface area contributed by atoms with Gasteiger partial charge in [0.05, 0.1) is 4.88 Å². The van der Waals surface area contributed by atoms with Crippen molar-refractivity contribution in [2.75, 3.05) is 5.88 Å². The van der Waals surface area contributed by atoms with Crippen LogP contribution in [0.15, 0.2) is 17.5 Å². The van der Waals surface area contributed by atoms with Gasteiger partial charge < -0.3 is 0 Å². The third-order valence-electron chi connectivity index (χ3n) is 1.37. The van der Waals surface area contributed by atoms with Crippen LogP contribution >= 0.6 is 22.9 Å². The molecule has 3 heteroatoms. The predicted octanol–water partition coefficient (Wildman–Crippen LogP) is 3.20. The Hall–Kier alpha value is -0.600. The molecule has 0 radical (unpaired) electrons. The van der Waals surface area contributed by atoms with E-state index >= 15 is 0 Å². The van der Waals surface area contributed by atoms with Crippen molar-refractivity contribution >= 4 is 34.8 Å². The highest BCUT2D eigenvalue weighted by molar-refractivity contribution is 7.12. The number of Topliss-reactive ketones (excluding diaryl/α,β-unsaturated/α-hetero) is 1. The van der Waals surface area contributed by atoms with Gasteiger partial charge in [0.15, 0.2) is 5.78 Å². The fourth-order valence-electron chi connectivity index (χ4n) is 0.804. The van der Waals surface area contributed by atoms with E-state index in [2.05, 4.69) is 0 Å². The molecular weight excluding hydrogens is 192 g/mol. The van der Waals surface area contributed by atoms with Gasteiger partial charge in [-0.1, -0.05) is 12.2 Å². The molecule has 1 nitrogen and oxygen atoms in total. The minimum Gasteiger partial charge on any atom is -0.294 e. The topological polar surface area (TPSA) is 17.1 Å². The molecule has 0 N–H and O–H groups in total. The number of allylic oxidation sites excluding steroid dienone is 1. The van der Waals surface area contributed by atoms with Crippen molar-refractivity contribution in [2.24, 2.45) is 0 Å². The van der Waals surface area contributed by atoms with E-state index in [9.17, 15) is 4.79 Å². The van der Waals surface area contributed by atoms with Crippen LogP contribution in [0.3, 0.4) is 0 Å². The molecule has 0 bridgehead atoms. The zero-order valence-electron chi connectivity index (χ0n) is 6.71. The van der Waals surface area contributed by atoms with E-state index in [1.54, 1.807) is 6.92 Å². The van der Waals surface area contributed by atoms with Crippen molar-refractivity contribution in [3.63, 3.8) is 0 Å².